The summed E-state index contributed by atoms with van der Waals surface area (Å²) in [5, 5.41) is 0. The fourth-order valence-electron chi connectivity index (χ4n) is 2.18. The number of pyridine rings is 1. The number of methoxy groups -OCH3 is 2. The molecule has 0 N–H and O–H groups in total. The Morgan fingerprint density at radius 1 is 1.36 bits per heavy atom. The molecule has 5 nitrogen and oxygen atoms in total. The maximum Gasteiger partial charge on any atom is 0.333 e. The van der Waals surface area contributed by atoms with Gasteiger partial charge >= 0.3 is 5.97 Å². The molecule has 0 aliphatic rings. The molecule has 1 rings (SSSR count). The van der Waals surface area contributed by atoms with Gasteiger partial charge in [-0.2, -0.15) is 0 Å². The molecule has 0 aliphatic carbocycles. The van der Waals surface area contributed by atoms with Crippen molar-refractivity contribution in [3.05, 3.63) is 41.2 Å². The lowest BCUT2D eigenvalue weighted by Crippen LogP contribution is -2.32. The summed E-state index contributed by atoms with van der Waals surface area (Å²) in [6, 6.07) is 3.86. The quantitative estimate of drug-likeness (QED) is 0.419. The lowest BCUT2D eigenvalue weighted by molar-refractivity contribution is -0.222. The molecule has 0 saturated heterocycles. The molecule has 0 radical (unpaired) electrons. The van der Waals surface area contributed by atoms with Gasteiger partial charge in [0.1, 0.15) is 0 Å². The molecule has 0 aromatic carbocycles. The average molecular weight is 307 g/mol. The molecule has 1 heterocycles. The van der Waals surface area contributed by atoms with Crippen LogP contribution < -0.4 is 0 Å². The third kappa shape index (κ3) is 4.64. The Balaban J connectivity index is 2.85. The van der Waals surface area contributed by atoms with Gasteiger partial charge in [0.05, 0.1) is 12.3 Å². The highest BCUT2D eigenvalue weighted by Gasteiger charge is 2.33. The van der Waals surface area contributed by atoms with Crippen molar-refractivity contribution in [1.82, 2.24) is 4.98 Å². The van der Waals surface area contributed by atoms with Crippen LogP contribution in [0.4, 0.5) is 0 Å². The summed E-state index contributed by atoms with van der Waals surface area (Å²) in [5.41, 5.74) is 2.39. The molecule has 0 bridgehead atoms. The maximum atomic E-state index is 11.6. The monoisotopic (exact) mass is 307 g/mol. The van der Waals surface area contributed by atoms with Crippen molar-refractivity contribution in [2.24, 2.45) is 0 Å². The molecule has 0 atom stereocenters. The van der Waals surface area contributed by atoms with Gasteiger partial charge in [0.2, 0.25) is 5.79 Å². The number of aromatic nitrogens is 1. The largest absolute Gasteiger partial charge is 0.463 e. The Bertz CT molecular complexity index is 521. The number of allylic oxidation sites excluding steroid dienone is 1. The van der Waals surface area contributed by atoms with Crippen molar-refractivity contribution in [2.75, 3.05) is 20.8 Å². The second-order valence-electron chi connectivity index (χ2n) is 5.03. The SMILES string of the molecule is CCOC(=O)/C(C)=C/CCC(OC)(OC)c1cc(C)ccn1. The highest BCUT2D eigenvalue weighted by atomic mass is 16.7. The molecule has 1 aromatic rings. The number of aryl methyl sites for hydroxylation is 1. The first kappa shape index (κ1) is 18.3. The van der Waals surface area contributed by atoms with Crippen LogP contribution in [0.2, 0.25) is 0 Å². The van der Waals surface area contributed by atoms with Crippen LogP contribution in [0, 0.1) is 6.92 Å². The molecule has 1 aromatic heterocycles. The van der Waals surface area contributed by atoms with E-state index in [-0.39, 0.29) is 5.97 Å². The lowest BCUT2D eigenvalue weighted by atomic mass is 10.0. The van der Waals surface area contributed by atoms with E-state index in [4.69, 9.17) is 14.2 Å². The number of nitrogens with zero attached hydrogens (tertiary/aromatic N) is 1. The van der Waals surface area contributed by atoms with Crippen LogP contribution in [-0.4, -0.2) is 31.8 Å². The first-order valence-corrected chi connectivity index (χ1v) is 7.36. The normalized spacial score (nSPS) is 12.3. The van der Waals surface area contributed by atoms with Crippen molar-refractivity contribution >= 4 is 5.97 Å². The molecule has 0 aliphatic heterocycles. The number of carbonyl (C=O) groups is 1. The topological polar surface area (TPSA) is 57.7 Å². The first-order chi connectivity index (χ1) is 10.5. The van der Waals surface area contributed by atoms with E-state index in [1.165, 1.54) is 0 Å². The van der Waals surface area contributed by atoms with Gasteiger partial charge in [-0.3, -0.25) is 4.98 Å². The molecular weight excluding hydrogens is 282 g/mol. The number of rotatable bonds is 8. The zero-order chi connectivity index (χ0) is 16.6. The summed E-state index contributed by atoms with van der Waals surface area (Å²) < 4.78 is 16.1. The summed E-state index contributed by atoms with van der Waals surface area (Å²) >= 11 is 0. The van der Waals surface area contributed by atoms with Crippen molar-refractivity contribution in [2.45, 2.75) is 39.4 Å². The zero-order valence-electron chi connectivity index (χ0n) is 14.0. The number of hydrogen-bond donors (Lipinski definition) is 0. The summed E-state index contributed by atoms with van der Waals surface area (Å²) in [4.78, 5) is 15.9. The Kier molecular flexibility index (Phi) is 7.21. The minimum atomic E-state index is -0.919. The average Bonchev–Trinajstić information content (AvgIpc) is 2.52. The summed E-state index contributed by atoms with van der Waals surface area (Å²) in [6.45, 7) is 5.89. The fourth-order valence-corrected chi connectivity index (χ4v) is 2.18. The van der Waals surface area contributed by atoms with E-state index in [0.717, 1.165) is 11.3 Å². The van der Waals surface area contributed by atoms with Crippen molar-refractivity contribution in [3.8, 4) is 0 Å². The second-order valence-corrected chi connectivity index (χ2v) is 5.03. The summed E-state index contributed by atoms with van der Waals surface area (Å²) in [7, 11) is 3.19. The lowest BCUT2D eigenvalue weighted by Gasteiger charge is -2.30. The van der Waals surface area contributed by atoms with Crippen molar-refractivity contribution in [1.29, 1.82) is 0 Å². The highest BCUT2D eigenvalue weighted by Crippen LogP contribution is 2.30. The van der Waals surface area contributed by atoms with Crippen LogP contribution in [0.5, 0.6) is 0 Å². The molecule has 0 amide bonds. The smallest absolute Gasteiger partial charge is 0.333 e. The van der Waals surface area contributed by atoms with Gasteiger partial charge in [-0.15, -0.1) is 0 Å². The van der Waals surface area contributed by atoms with E-state index in [2.05, 4.69) is 4.98 Å². The predicted octanol–water partition coefficient (Wildman–Crippen LogP) is 3.13. The second kappa shape index (κ2) is 8.66. The van der Waals surface area contributed by atoms with E-state index in [9.17, 15) is 4.79 Å². The van der Waals surface area contributed by atoms with Crippen LogP contribution in [0.3, 0.4) is 0 Å². The van der Waals surface area contributed by atoms with E-state index >= 15 is 0 Å². The summed E-state index contributed by atoms with van der Waals surface area (Å²) in [5.74, 6) is -1.21. The molecule has 0 fully saturated rings. The maximum absolute atomic E-state index is 11.6. The van der Waals surface area contributed by atoms with Crippen LogP contribution in [-0.2, 0) is 24.8 Å². The van der Waals surface area contributed by atoms with Crippen LogP contribution in [0.1, 0.15) is 37.9 Å². The molecule has 122 valence electrons. The Labute approximate surface area is 132 Å². The number of carbonyl (C=O) groups excluding carboxylic acids is 1. The predicted molar refractivity (Wildman–Crippen MR) is 84.3 cm³/mol. The molecular formula is C17H25NO4. The summed E-state index contributed by atoms with van der Waals surface area (Å²) in [6.07, 6.45) is 4.73. The van der Waals surface area contributed by atoms with Gasteiger partial charge in [-0.1, -0.05) is 6.08 Å². The Morgan fingerprint density at radius 3 is 2.59 bits per heavy atom. The van der Waals surface area contributed by atoms with Crippen molar-refractivity contribution < 1.29 is 19.0 Å². The van der Waals surface area contributed by atoms with E-state index < -0.39 is 5.79 Å². The molecule has 0 spiro atoms. The Hall–Kier alpha value is -1.72. The van der Waals surface area contributed by atoms with Gasteiger partial charge in [0.15, 0.2) is 0 Å². The molecule has 0 unspecified atom stereocenters. The van der Waals surface area contributed by atoms with Gasteiger partial charge in [-0.25, -0.2) is 4.79 Å². The number of ether oxygens (including phenoxy) is 3. The minimum absolute atomic E-state index is 0.295. The standard InChI is InChI=1S/C17H25NO4/c1-6-22-16(19)14(3)8-7-10-17(20-4,21-5)15-12-13(2)9-11-18-15/h8-9,11-12H,6-7,10H2,1-5H3/b14-8+. The first-order valence-electron chi connectivity index (χ1n) is 7.36. The van der Waals surface area contributed by atoms with Crippen LogP contribution >= 0.6 is 0 Å². The van der Waals surface area contributed by atoms with Gasteiger partial charge in [0, 0.05) is 32.4 Å². The fraction of sp³-hybridized carbons (Fsp3) is 0.529. The van der Waals surface area contributed by atoms with Crippen LogP contribution in [0.15, 0.2) is 30.0 Å². The number of hydrogen-bond acceptors (Lipinski definition) is 5. The van der Waals surface area contributed by atoms with Gasteiger partial charge < -0.3 is 14.2 Å². The van der Waals surface area contributed by atoms with Gasteiger partial charge in [-0.05, 0) is 44.9 Å². The van der Waals surface area contributed by atoms with Crippen LogP contribution in [0.25, 0.3) is 0 Å². The van der Waals surface area contributed by atoms with E-state index in [1.807, 2.05) is 25.1 Å². The highest BCUT2D eigenvalue weighted by molar-refractivity contribution is 5.87. The van der Waals surface area contributed by atoms with Gasteiger partial charge in [0.25, 0.3) is 0 Å². The molecule has 5 heteroatoms. The number of esters is 1. The molecule has 22 heavy (non-hydrogen) atoms. The van der Waals surface area contributed by atoms with E-state index in [0.29, 0.717) is 25.0 Å². The minimum Gasteiger partial charge on any atom is -0.463 e. The Morgan fingerprint density at radius 2 is 2.05 bits per heavy atom. The van der Waals surface area contributed by atoms with E-state index in [1.54, 1.807) is 34.3 Å². The molecule has 0 saturated carbocycles. The third-order valence-corrected chi connectivity index (χ3v) is 3.49. The third-order valence-electron chi connectivity index (χ3n) is 3.49. The van der Waals surface area contributed by atoms with Crippen molar-refractivity contribution in [3.63, 3.8) is 0 Å². The zero-order valence-corrected chi connectivity index (χ0v) is 14.0.